The highest BCUT2D eigenvalue weighted by Gasteiger charge is 2.38. The number of aliphatic imine (C=N–C) groups is 1. The van der Waals surface area contributed by atoms with Crippen LogP contribution < -0.4 is 0 Å². The van der Waals surface area contributed by atoms with Crippen molar-refractivity contribution >= 4 is 17.4 Å². The van der Waals surface area contributed by atoms with Gasteiger partial charge in [-0.15, -0.1) is 0 Å². The summed E-state index contributed by atoms with van der Waals surface area (Å²) in [6.07, 6.45) is 4.73. The maximum absolute atomic E-state index is 12.8. The molecule has 128 valence electrons. The number of hydrogen-bond acceptors (Lipinski definition) is 6. The summed E-state index contributed by atoms with van der Waals surface area (Å²) >= 11 is 0. The molecule has 1 fully saturated rings. The Kier molecular flexibility index (Phi) is 4.53. The zero-order valence-electron chi connectivity index (χ0n) is 14.1. The second kappa shape index (κ2) is 6.60. The molecule has 1 atom stereocenters. The number of amides is 1. The number of nitrogens with zero attached hydrogens (tertiary/aromatic N) is 3. The van der Waals surface area contributed by atoms with Crippen molar-refractivity contribution in [2.75, 3.05) is 47.4 Å². The molecule has 1 unspecified atom stereocenters. The summed E-state index contributed by atoms with van der Waals surface area (Å²) in [6.45, 7) is 2.83. The van der Waals surface area contributed by atoms with Crippen LogP contribution in [0.25, 0.3) is 0 Å². The molecule has 3 rings (SSSR count). The molecule has 1 amide bonds. The van der Waals surface area contributed by atoms with Crippen molar-refractivity contribution in [2.24, 2.45) is 10.9 Å². The first-order chi connectivity index (χ1) is 11.5. The standard InChI is InChI=1S/C17H21N3O4/c1-19-4-6-20(7-5-19)17(22)13-10-18-15-12(16(13)21)8-11(23-2)9-14(15)24-3/h8-10,12H,4-7H2,1-3H3. The normalized spacial score (nSPS) is 24.4. The molecule has 24 heavy (non-hydrogen) atoms. The molecule has 0 aromatic carbocycles. The Hall–Kier alpha value is -2.41. The monoisotopic (exact) mass is 331 g/mol. The van der Waals surface area contributed by atoms with Crippen LogP contribution in [-0.4, -0.2) is 74.6 Å². The van der Waals surface area contributed by atoms with Crippen molar-refractivity contribution in [3.05, 3.63) is 35.4 Å². The maximum atomic E-state index is 12.8. The Balaban J connectivity index is 1.87. The van der Waals surface area contributed by atoms with E-state index in [-0.39, 0.29) is 17.3 Å². The fraction of sp³-hybridized carbons (Fsp3) is 0.471. The molecule has 0 spiro atoms. The predicted octanol–water partition coefficient (Wildman–Crippen LogP) is 0.358. The van der Waals surface area contributed by atoms with Crippen molar-refractivity contribution in [2.45, 2.75) is 0 Å². The Morgan fingerprint density at radius 3 is 2.54 bits per heavy atom. The second-order valence-electron chi connectivity index (χ2n) is 5.98. The minimum Gasteiger partial charge on any atom is -0.497 e. The molecule has 0 bridgehead atoms. The number of ether oxygens (including phenoxy) is 2. The summed E-state index contributed by atoms with van der Waals surface area (Å²) in [5.74, 6) is -0.151. The van der Waals surface area contributed by atoms with Crippen LogP contribution in [0.2, 0.25) is 0 Å². The number of rotatable bonds is 3. The average Bonchev–Trinajstić information content (AvgIpc) is 2.61. The SMILES string of the molecule is COC1=CC2C(=O)C(C(=O)N3CCN(C)CC3)=CN=C2C(OC)=C1. The number of piperazine rings is 1. The largest absolute Gasteiger partial charge is 0.497 e. The number of methoxy groups -OCH3 is 2. The highest BCUT2D eigenvalue weighted by molar-refractivity contribution is 6.30. The van der Waals surface area contributed by atoms with Gasteiger partial charge in [0.05, 0.1) is 25.8 Å². The van der Waals surface area contributed by atoms with Crippen LogP contribution >= 0.6 is 0 Å². The Labute approximate surface area is 140 Å². The number of likely N-dealkylation sites (N-methyl/N-ethyl adjacent to an activating group) is 1. The first kappa shape index (κ1) is 16.4. The smallest absolute Gasteiger partial charge is 0.259 e. The highest BCUT2D eigenvalue weighted by Crippen LogP contribution is 2.28. The lowest BCUT2D eigenvalue weighted by Crippen LogP contribution is -2.49. The number of allylic oxidation sites excluding steroid dienone is 3. The van der Waals surface area contributed by atoms with Gasteiger partial charge in [-0.25, -0.2) is 0 Å². The summed E-state index contributed by atoms with van der Waals surface area (Å²) in [5.41, 5.74) is 0.635. The van der Waals surface area contributed by atoms with E-state index in [4.69, 9.17) is 9.47 Å². The first-order valence-corrected chi connectivity index (χ1v) is 7.87. The number of fused-ring (bicyclic) bond motifs is 1. The van der Waals surface area contributed by atoms with Crippen molar-refractivity contribution in [3.8, 4) is 0 Å². The van der Waals surface area contributed by atoms with Gasteiger partial charge in [-0.3, -0.25) is 14.6 Å². The van der Waals surface area contributed by atoms with E-state index in [0.717, 1.165) is 13.1 Å². The zero-order chi connectivity index (χ0) is 17.3. The van der Waals surface area contributed by atoms with Crippen LogP contribution in [0.1, 0.15) is 0 Å². The van der Waals surface area contributed by atoms with Gasteiger partial charge >= 0.3 is 0 Å². The highest BCUT2D eigenvalue weighted by atomic mass is 16.5. The van der Waals surface area contributed by atoms with Crippen LogP contribution in [0.4, 0.5) is 0 Å². The zero-order valence-corrected chi connectivity index (χ0v) is 14.1. The molecule has 7 heteroatoms. The van der Waals surface area contributed by atoms with Crippen molar-refractivity contribution in [3.63, 3.8) is 0 Å². The Morgan fingerprint density at radius 1 is 1.21 bits per heavy atom. The fourth-order valence-corrected chi connectivity index (χ4v) is 2.99. The van der Waals surface area contributed by atoms with Crippen LogP contribution in [0.5, 0.6) is 0 Å². The summed E-state index contributed by atoms with van der Waals surface area (Å²) in [5, 5.41) is 0. The first-order valence-electron chi connectivity index (χ1n) is 7.87. The lowest BCUT2D eigenvalue weighted by Gasteiger charge is -2.33. The lowest BCUT2D eigenvalue weighted by atomic mass is 9.86. The molecule has 0 aromatic heterocycles. The maximum Gasteiger partial charge on any atom is 0.259 e. The van der Waals surface area contributed by atoms with Crippen molar-refractivity contribution < 1.29 is 19.1 Å². The molecular weight excluding hydrogens is 310 g/mol. The molecule has 2 aliphatic heterocycles. The van der Waals surface area contributed by atoms with Crippen molar-refractivity contribution in [1.29, 1.82) is 0 Å². The number of carbonyl (C=O) groups is 2. The molecule has 0 aromatic rings. The van der Waals surface area contributed by atoms with Crippen molar-refractivity contribution in [1.82, 2.24) is 9.80 Å². The molecule has 1 aliphatic carbocycles. The average molecular weight is 331 g/mol. The van der Waals surface area contributed by atoms with Crippen LogP contribution in [0.3, 0.4) is 0 Å². The van der Waals surface area contributed by atoms with Gasteiger partial charge in [0.1, 0.15) is 17.1 Å². The third kappa shape index (κ3) is 2.87. The van der Waals surface area contributed by atoms with E-state index in [1.54, 1.807) is 17.1 Å². The molecule has 0 N–H and O–H groups in total. The van der Waals surface area contributed by atoms with Gasteiger partial charge in [0.25, 0.3) is 5.91 Å². The summed E-state index contributed by atoms with van der Waals surface area (Å²) in [6, 6.07) is 0. The number of carbonyl (C=O) groups excluding carboxylic acids is 2. The Bertz CT molecular complexity index is 682. The third-order valence-electron chi connectivity index (χ3n) is 4.51. The van der Waals surface area contributed by atoms with E-state index in [1.165, 1.54) is 20.4 Å². The van der Waals surface area contributed by atoms with Crippen LogP contribution in [0.15, 0.2) is 40.4 Å². The quantitative estimate of drug-likeness (QED) is 0.698. The number of hydrogen-bond donors (Lipinski definition) is 0. The van der Waals surface area contributed by atoms with Gasteiger partial charge in [0.2, 0.25) is 0 Å². The molecule has 0 radical (unpaired) electrons. The van der Waals surface area contributed by atoms with E-state index < -0.39 is 5.92 Å². The van der Waals surface area contributed by atoms with Gasteiger partial charge in [-0.1, -0.05) is 0 Å². The number of Topliss-reactive ketones (excluding diaryl/α,β-unsaturated/α-hetero) is 1. The molecule has 1 saturated heterocycles. The van der Waals surface area contributed by atoms with E-state index in [9.17, 15) is 9.59 Å². The van der Waals surface area contributed by atoms with Crippen LogP contribution in [-0.2, 0) is 19.1 Å². The van der Waals surface area contributed by atoms with Gasteiger partial charge in [0.15, 0.2) is 5.78 Å². The van der Waals surface area contributed by atoms with Gasteiger partial charge < -0.3 is 19.3 Å². The summed E-state index contributed by atoms with van der Waals surface area (Å²) < 4.78 is 10.5. The second-order valence-corrected chi connectivity index (χ2v) is 5.98. The lowest BCUT2D eigenvalue weighted by molar-refractivity contribution is -0.131. The van der Waals surface area contributed by atoms with Crippen LogP contribution in [0, 0.1) is 5.92 Å². The topological polar surface area (TPSA) is 71.4 Å². The molecule has 0 saturated carbocycles. The van der Waals surface area contributed by atoms with Gasteiger partial charge in [-0.2, -0.15) is 0 Å². The summed E-state index contributed by atoms with van der Waals surface area (Å²) in [7, 11) is 5.06. The minimum absolute atomic E-state index is 0.123. The third-order valence-corrected chi connectivity index (χ3v) is 4.51. The van der Waals surface area contributed by atoms with E-state index in [2.05, 4.69) is 9.89 Å². The molecular formula is C17H21N3O4. The van der Waals surface area contributed by atoms with E-state index >= 15 is 0 Å². The van der Waals surface area contributed by atoms with Gasteiger partial charge in [0, 0.05) is 38.5 Å². The summed E-state index contributed by atoms with van der Waals surface area (Å²) in [4.78, 5) is 33.7. The molecule has 3 aliphatic rings. The minimum atomic E-state index is -0.642. The molecule has 7 nitrogen and oxygen atoms in total. The molecule has 2 heterocycles. The van der Waals surface area contributed by atoms with E-state index in [0.29, 0.717) is 30.3 Å². The van der Waals surface area contributed by atoms with E-state index in [1.807, 2.05) is 7.05 Å². The number of ketones is 1. The Morgan fingerprint density at radius 2 is 1.92 bits per heavy atom. The van der Waals surface area contributed by atoms with Gasteiger partial charge in [-0.05, 0) is 13.1 Å². The predicted molar refractivity (Wildman–Crippen MR) is 88.3 cm³/mol. The fourth-order valence-electron chi connectivity index (χ4n) is 2.99.